The molecule has 1 heterocycles. The zero-order valence-corrected chi connectivity index (χ0v) is 17.8. The molecule has 1 amide bonds. The van der Waals surface area contributed by atoms with E-state index in [0.717, 1.165) is 16.9 Å². The number of carbonyl (C=O) groups is 1. The smallest absolute Gasteiger partial charge is 0.253 e. The van der Waals surface area contributed by atoms with Crippen LogP contribution in [0.2, 0.25) is 5.02 Å². The molecular formula is C21H22ClN3O2S. The molecule has 5 nitrogen and oxygen atoms in total. The molecule has 0 unspecified atom stereocenters. The van der Waals surface area contributed by atoms with Crippen LogP contribution in [0.3, 0.4) is 0 Å². The predicted octanol–water partition coefficient (Wildman–Crippen LogP) is 4.15. The third-order valence-corrected chi connectivity index (χ3v) is 5.20. The topological polar surface area (TPSA) is 44.8 Å². The number of ether oxygens (including phenoxy) is 1. The number of amides is 1. The average molecular weight is 416 g/mol. The van der Waals surface area contributed by atoms with E-state index in [-0.39, 0.29) is 11.9 Å². The highest BCUT2D eigenvalue weighted by atomic mass is 35.5. The quantitative estimate of drug-likeness (QED) is 0.760. The van der Waals surface area contributed by atoms with E-state index in [2.05, 4.69) is 5.32 Å². The summed E-state index contributed by atoms with van der Waals surface area (Å²) in [5, 5.41) is 4.46. The molecule has 1 atom stereocenters. The largest absolute Gasteiger partial charge is 0.495 e. The summed E-state index contributed by atoms with van der Waals surface area (Å²) >= 11 is 11.7. The third-order valence-electron chi connectivity index (χ3n) is 4.65. The van der Waals surface area contributed by atoms with Crippen LogP contribution in [0.4, 0.5) is 5.69 Å². The zero-order valence-electron chi connectivity index (χ0n) is 16.2. The van der Waals surface area contributed by atoms with Crippen molar-refractivity contribution in [3.05, 3.63) is 70.4 Å². The van der Waals surface area contributed by atoms with Gasteiger partial charge in [0.2, 0.25) is 0 Å². The van der Waals surface area contributed by atoms with Crippen molar-refractivity contribution in [2.75, 3.05) is 26.1 Å². The fourth-order valence-corrected chi connectivity index (χ4v) is 3.75. The minimum absolute atomic E-state index is 0.0904. The summed E-state index contributed by atoms with van der Waals surface area (Å²) in [5.74, 6) is 0.583. The molecule has 2 aromatic rings. The van der Waals surface area contributed by atoms with Crippen molar-refractivity contribution < 1.29 is 9.53 Å². The van der Waals surface area contributed by atoms with Crippen molar-refractivity contribution in [3.8, 4) is 5.75 Å². The average Bonchev–Trinajstić information content (AvgIpc) is 2.68. The lowest BCUT2D eigenvalue weighted by atomic mass is 9.94. The molecule has 2 aromatic carbocycles. The van der Waals surface area contributed by atoms with Crippen molar-refractivity contribution in [1.29, 1.82) is 0 Å². The van der Waals surface area contributed by atoms with Gasteiger partial charge in [-0.25, -0.2) is 0 Å². The van der Waals surface area contributed by atoms with Crippen LogP contribution < -0.4 is 15.0 Å². The summed E-state index contributed by atoms with van der Waals surface area (Å²) < 4.78 is 5.50. The molecule has 0 saturated heterocycles. The number of benzene rings is 2. The Labute approximate surface area is 175 Å². The van der Waals surface area contributed by atoms with Gasteiger partial charge in [0.25, 0.3) is 5.91 Å². The van der Waals surface area contributed by atoms with Gasteiger partial charge in [-0.05, 0) is 49.0 Å². The number of hydrogen-bond donors (Lipinski definition) is 1. The highest BCUT2D eigenvalue weighted by Crippen LogP contribution is 2.38. The van der Waals surface area contributed by atoms with Crippen LogP contribution in [0.5, 0.6) is 5.75 Å². The summed E-state index contributed by atoms with van der Waals surface area (Å²) in [6.07, 6.45) is 0. The Morgan fingerprint density at radius 2 is 1.82 bits per heavy atom. The van der Waals surface area contributed by atoms with Gasteiger partial charge in [-0.15, -0.1) is 0 Å². The van der Waals surface area contributed by atoms with Crippen molar-refractivity contribution in [2.45, 2.75) is 13.0 Å². The normalized spacial score (nSPS) is 16.7. The number of thiocarbonyl (C=S) groups is 1. The predicted molar refractivity (Wildman–Crippen MR) is 117 cm³/mol. The molecule has 0 fully saturated rings. The highest BCUT2D eigenvalue weighted by molar-refractivity contribution is 7.80. The SMILES string of the molecule is COc1ccccc1N1C(=S)N[C@H](c2ccc(Cl)cc2)C(C(=O)N(C)C)=C1C. The summed E-state index contributed by atoms with van der Waals surface area (Å²) in [6.45, 7) is 1.90. The van der Waals surface area contributed by atoms with E-state index in [1.165, 1.54) is 0 Å². The minimum Gasteiger partial charge on any atom is -0.495 e. The zero-order chi connectivity index (χ0) is 20.4. The molecule has 0 radical (unpaired) electrons. The van der Waals surface area contributed by atoms with Gasteiger partial charge in [0, 0.05) is 24.8 Å². The summed E-state index contributed by atoms with van der Waals surface area (Å²) in [4.78, 5) is 16.5. The van der Waals surface area contributed by atoms with Crippen LogP contribution in [0.25, 0.3) is 0 Å². The van der Waals surface area contributed by atoms with Crippen LogP contribution >= 0.6 is 23.8 Å². The molecule has 0 aliphatic carbocycles. The lowest BCUT2D eigenvalue weighted by Gasteiger charge is -2.39. The molecule has 1 N–H and O–H groups in total. The van der Waals surface area contributed by atoms with E-state index in [1.54, 1.807) is 38.2 Å². The second kappa shape index (κ2) is 8.20. The van der Waals surface area contributed by atoms with E-state index < -0.39 is 0 Å². The van der Waals surface area contributed by atoms with Gasteiger partial charge in [0.1, 0.15) is 5.75 Å². The standard InChI is InChI=1S/C21H22ClN3O2S/c1-13-18(20(26)24(2)3)19(14-9-11-15(22)12-10-14)23-21(28)25(13)16-7-5-6-8-17(16)27-4/h5-12,19H,1-4H3,(H,23,28)/t19-/m1/s1. The van der Waals surface area contributed by atoms with Gasteiger partial charge in [0.15, 0.2) is 5.11 Å². The van der Waals surface area contributed by atoms with Gasteiger partial charge in [-0.2, -0.15) is 0 Å². The van der Waals surface area contributed by atoms with E-state index in [9.17, 15) is 4.79 Å². The fraction of sp³-hybridized carbons (Fsp3) is 0.238. The third kappa shape index (κ3) is 3.70. The van der Waals surface area contributed by atoms with Gasteiger partial charge < -0.3 is 15.0 Å². The van der Waals surface area contributed by atoms with Gasteiger partial charge in [0.05, 0.1) is 24.4 Å². The van der Waals surface area contributed by atoms with Gasteiger partial charge >= 0.3 is 0 Å². The monoisotopic (exact) mass is 415 g/mol. The maximum Gasteiger partial charge on any atom is 0.253 e. The van der Waals surface area contributed by atoms with Crippen molar-refractivity contribution in [2.24, 2.45) is 0 Å². The second-order valence-electron chi connectivity index (χ2n) is 6.64. The number of nitrogens with one attached hydrogen (secondary N) is 1. The Balaban J connectivity index is 2.18. The van der Waals surface area contributed by atoms with Crippen molar-refractivity contribution in [1.82, 2.24) is 10.2 Å². The number of halogens is 1. The maximum absolute atomic E-state index is 13.1. The molecule has 0 spiro atoms. The lowest BCUT2D eigenvalue weighted by molar-refractivity contribution is -0.125. The van der Waals surface area contributed by atoms with E-state index in [4.69, 9.17) is 28.6 Å². The number of anilines is 1. The molecule has 1 aliphatic heterocycles. The Morgan fingerprint density at radius 1 is 1.18 bits per heavy atom. The summed E-state index contributed by atoms with van der Waals surface area (Å²) in [7, 11) is 5.09. The number of likely N-dealkylation sites (N-methyl/N-ethyl adjacent to an activating group) is 1. The number of methoxy groups -OCH3 is 1. The molecule has 146 valence electrons. The first-order chi connectivity index (χ1) is 13.3. The molecule has 0 saturated carbocycles. The number of para-hydroxylation sites is 2. The molecule has 0 aromatic heterocycles. The number of hydrogen-bond acceptors (Lipinski definition) is 3. The van der Waals surface area contributed by atoms with Crippen LogP contribution in [-0.2, 0) is 4.79 Å². The Kier molecular flexibility index (Phi) is 5.91. The van der Waals surface area contributed by atoms with Gasteiger partial charge in [-0.3, -0.25) is 9.69 Å². The van der Waals surface area contributed by atoms with Crippen LogP contribution in [0.1, 0.15) is 18.5 Å². The van der Waals surface area contributed by atoms with E-state index in [0.29, 0.717) is 21.5 Å². The first-order valence-electron chi connectivity index (χ1n) is 8.76. The summed E-state index contributed by atoms with van der Waals surface area (Å²) in [6, 6.07) is 14.6. The first-order valence-corrected chi connectivity index (χ1v) is 9.55. The van der Waals surface area contributed by atoms with E-state index >= 15 is 0 Å². The Bertz CT molecular complexity index is 941. The van der Waals surface area contributed by atoms with Crippen LogP contribution in [0, 0.1) is 0 Å². The second-order valence-corrected chi connectivity index (χ2v) is 7.46. The number of allylic oxidation sites excluding steroid dienone is 1. The molecule has 28 heavy (non-hydrogen) atoms. The molecule has 1 aliphatic rings. The van der Waals surface area contributed by atoms with Gasteiger partial charge in [-0.1, -0.05) is 35.9 Å². The van der Waals surface area contributed by atoms with Crippen LogP contribution in [-0.4, -0.2) is 37.1 Å². The molecule has 7 heteroatoms. The lowest BCUT2D eigenvalue weighted by Crippen LogP contribution is -2.49. The minimum atomic E-state index is -0.370. The van der Waals surface area contributed by atoms with Crippen molar-refractivity contribution in [3.63, 3.8) is 0 Å². The maximum atomic E-state index is 13.1. The fourth-order valence-electron chi connectivity index (χ4n) is 3.27. The Hall–Kier alpha value is -2.57. The summed E-state index contributed by atoms with van der Waals surface area (Å²) in [5.41, 5.74) is 3.06. The Morgan fingerprint density at radius 3 is 2.43 bits per heavy atom. The molecular weight excluding hydrogens is 394 g/mol. The molecule has 3 rings (SSSR count). The molecule has 0 bridgehead atoms. The van der Waals surface area contributed by atoms with Crippen molar-refractivity contribution >= 4 is 40.5 Å². The highest BCUT2D eigenvalue weighted by Gasteiger charge is 2.36. The number of nitrogens with zero attached hydrogens (tertiary/aromatic N) is 2. The number of carbonyl (C=O) groups excluding carboxylic acids is 1. The van der Waals surface area contributed by atoms with Crippen LogP contribution in [0.15, 0.2) is 59.8 Å². The number of rotatable bonds is 4. The first kappa shape index (κ1) is 20.2. The van der Waals surface area contributed by atoms with E-state index in [1.807, 2.05) is 48.2 Å².